The molecule has 0 saturated carbocycles. The fourth-order valence-electron chi connectivity index (χ4n) is 1.71. The van der Waals surface area contributed by atoms with Crippen molar-refractivity contribution in [1.29, 1.82) is 0 Å². The van der Waals surface area contributed by atoms with E-state index in [-0.39, 0.29) is 0 Å². The van der Waals surface area contributed by atoms with Crippen LogP contribution in [0.2, 0.25) is 0 Å². The van der Waals surface area contributed by atoms with Gasteiger partial charge in [0.05, 0.1) is 7.11 Å². The van der Waals surface area contributed by atoms with E-state index in [2.05, 4.69) is 32.8 Å². The van der Waals surface area contributed by atoms with Crippen molar-refractivity contribution in [2.45, 2.75) is 40.2 Å². The molecule has 0 aromatic carbocycles. The van der Waals surface area contributed by atoms with Gasteiger partial charge in [0.2, 0.25) is 5.88 Å². The third-order valence-electron chi connectivity index (χ3n) is 2.23. The molecule has 0 bridgehead atoms. The lowest BCUT2D eigenvalue weighted by atomic mass is 10.1. The Kier molecular flexibility index (Phi) is 2.96. The average Bonchev–Trinajstić information content (AvgIpc) is 2.41. The summed E-state index contributed by atoms with van der Waals surface area (Å²) in [6, 6.07) is 0. The second-order valence-corrected chi connectivity index (χ2v) is 3.49. The van der Waals surface area contributed by atoms with Gasteiger partial charge in [-0.25, -0.2) is 0 Å². The maximum absolute atomic E-state index is 5.19. The SMILES string of the molecule is CCn1nc(OC)c(C)c1C(C)C. The van der Waals surface area contributed by atoms with Crippen molar-refractivity contribution in [3.63, 3.8) is 0 Å². The van der Waals surface area contributed by atoms with E-state index in [9.17, 15) is 0 Å². The number of hydrogen-bond donors (Lipinski definition) is 0. The molecule has 0 spiro atoms. The van der Waals surface area contributed by atoms with Gasteiger partial charge in [-0.3, -0.25) is 4.68 Å². The van der Waals surface area contributed by atoms with Crippen molar-refractivity contribution < 1.29 is 4.74 Å². The summed E-state index contributed by atoms with van der Waals surface area (Å²) < 4.78 is 7.20. The number of nitrogens with zero attached hydrogens (tertiary/aromatic N) is 2. The number of ether oxygens (including phenoxy) is 1. The average molecular weight is 182 g/mol. The zero-order chi connectivity index (χ0) is 10.0. The highest BCUT2D eigenvalue weighted by Crippen LogP contribution is 2.26. The van der Waals surface area contributed by atoms with Gasteiger partial charge in [0.1, 0.15) is 0 Å². The van der Waals surface area contributed by atoms with Crippen molar-refractivity contribution in [2.75, 3.05) is 7.11 Å². The monoisotopic (exact) mass is 182 g/mol. The number of aromatic nitrogens is 2. The van der Waals surface area contributed by atoms with Crippen LogP contribution in [-0.4, -0.2) is 16.9 Å². The third kappa shape index (κ3) is 1.69. The van der Waals surface area contributed by atoms with Gasteiger partial charge in [-0.2, -0.15) is 0 Å². The Bertz CT molecular complexity index is 289. The van der Waals surface area contributed by atoms with Crippen molar-refractivity contribution in [3.8, 4) is 5.88 Å². The van der Waals surface area contributed by atoms with E-state index in [1.54, 1.807) is 7.11 Å². The van der Waals surface area contributed by atoms with Gasteiger partial charge >= 0.3 is 0 Å². The summed E-state index contributed by atoms with van der Waals surface area (Å²) in [4.78, 5) is 0. The molecule has 3 nitrogen and oxygen atoms in total. The fourth-order valence-corrected chi connectivity index (χ4v) is 1.71. The molecule has 1 heterocycles. The summed E-state index contributed by atoms with van der Waals surface area (Å²) in [7, 11) is 1.67. The number of methoxy groups -OCH3 is 1. The molecule has 1 aromatic rings. The van der Waals surface area contributed by atoms with E-state index >= 15 is 0 Å². The van der Waals surface area contributed by atoms with E-state index in [1.807, 2.05) is 4.68 Å². The molecule has 0 unspecified atom stereocenters. The number of hydrogen-bond acceptors (Lipinski definition) is 2. The Morgan fingerprint density at radius 2 is 2.08 bits per heavy atom. The van der Waals surface area contributed by atoms with E-state index in [0.717, 1.165) is 12.4 Å². The van der Waals surface area contributed by atoms with Crippen molar-refractivity contribution >= 4 is 0 Å². The second-order valence-electron chi connectivity index (χ2n) is 3.49. The smallest absolute Gasteiger partial charge is 0.235 e. The van der Waals surface area contributed by atoms with Crippen LogP contribution in [0.3, 0.4) is 0 Å². The molecule has 0 amide bonds. The van der Waals surface area contributed by atoms with Gasteiger partial charge < -0.3 is 4.74 Å². The minimum absolute atomic E-state index is 0.497. The van der Waals surface area contributed by atoms with Crippen molar-refractivity contribution in [2.24, 2.45) is 0 Å². The second kappa shape index (κ2) is 3.81. The minimum atomic E-state index is 0.497. The zero-order valence-corrected chi connectivity index (χ0v) is 9.09. The maximum atomic E-state index is 5.19. The van der Waals surface area contributed by atoms with Crippen LogP contribution in [0.5, 0.6) is 5.88 Å². The van der Waals surface area contributed by atoms with Crippen LogP contribution in [0.4, 0.5) is 0 Å². The van der Waals surface area contributed by atoms with E-state index in [0.29, 0.717) is 5.92 Å². The van der Waals surface area contributed by atoms with Gasteiger partial charge in [0, 0.05) is 17.8 Å². The van der Waals surface area contributed by atoms with Crippen molar-refractivity contribution in [1.82, 2.24) is 9.78 Å². The largest absolute Gasteiger partial charge is 0.480 e. The molecular formula is C10H18N2O. The van der Waals surface area contributed by atoms with Gasteiger partial charge in [0.15, 0.2) is 0 Å². The molecule has 0 aliphatic rings. The highest BCUT2D eigenvalue weighted by molar-refractivity contribution is 5.31. The Morgan fingerprint density at radius 3 is 2.38 bits per heavy atom. The molecule has 13 heavy (non-hydrogen) atoms. The molecule has 0 aliphatic heterocycles. The third-order valence-corrected chi connectivity index (χ3v) is 2.23. The molecule has 1 aromatic heterocycles. The predicted octanol–water partition coefficient (Wildman–Crippen LogP) is 2.34. The number of aryl methyl sites for hydroxylation is 1. The Hall–Kier alpha value is -0.990. The molecule has 0 aliphatic carbocycles. The number of rotatable bonds is 3. The Morgan fingerprint density at radius 1 is 1.46 bits per heavy atom. The lowest BCUT2D eigenvalue weighted by Gasteiger charge is -2.08. The quantitative estimate of drug-likeness (QED) is 0.717. The summed E-state index contributed by atoms with van der Waals surface area (Å²) in [6.45, 7) is 9.41. The van der Waals surface area contributed by atoms with Crippen LogP contribution in [0.1, 0.15) is 37.9 Å². The van der Waals surface area contributed by atoms with Crippen molar-refractivity contribution in [3.05, 3.63) is 11.3 Å². The first-order valence-corrected chi connectivity index (χ1v) is 4.73. The highest BCUT2D eigenvalue weighted by Gasteiger charge is 2.15. The highest BCUT2D eigenvalue weighted by atomic mass is 16.5. The first-order valence-electron chi connectivity index (χ1n) is 4.73. The molecule has 0 fully saturated rings. The summed E-state index contributed by atoms with van der Waals surface area (Å²) in [5.74, 6) is 1.25. The zero-order valence-electron chi connectivity index (χ0n) is 9.09. The summed E-state index contributed by atoms with van der Waals surface area (Å²) in [5.41, 5.74) is 2.44. The lowest BCUT2D eigenvalue weighted by molar-refractivity contribution is 0.387. The van der Waals surface area contributed by atoms with E-state index in [1.165, 1.54) is 11.3 Å². The Labute approximate surface area is 79.7 Å². The predicted molar refractivity (Wildman–Crippen MR) is 53.3 cm³/mol. The van der Waals surface area contributed by atoms with Gasteiger partial charge in [-0.1, -0.05) is 13.8 Å². The molecule has 0 saturated heterocycles. The molecular weight excluding hydrogens is 164 g/mol. The molecule has 0 atom stereocenters. The summed E-state index contributed by atoms with van der Waals surface area (Å²) in [5, 5.41) is 4.36. The van der Waals surface area contributed by atoms with Gasteiger partial charge in [0.25, 0.3) is 0 Å². The molecule has 3 heteroatoms. The topological polar surface area (TPSA) is 27.1 Å². The summed E-state index contributed by atoms with van der Waals surface area (Å²) in [6.07, 6.45) is 0. The minimum Gasteiger partial charge on any atom is -0.480 e. The van der Waals surface area contributed by atoms with Gasteiger partial charge in [-0.05, 0) is 19.8 Å². The normalized spacial score (nSPS) is 10.9. The van der Waals surface area contributed by atoms with Crippen LogP contribution < -0.4 is 4.74 Å². The fraction of sp³-hybridized carbons (Fsp3) is 0.700. The van der Waals surface area contributed by atoms with Crippen LogP contribution >= 0.6 is 0 Å². The molecule has 0 N–H and O–H groups in total. The first kappa shape index (κ1) is 10.1. The maximum Gasteiger partial charge on any atom is 0.235 e. The lowest BCUT2D eigenvalue weighted by Crippen LogP contribution is -2.04. The van der Waals surface area contributed by atoms with Gasteiger partial charge in [-0.15, -0.1) is 5.10 Å². The van der Waals surface area contributed by atoms with E-state index < -0.39 is 0 Å². The Balaban J connectivity index is 3.20. The molecule has 1 rings (SSSR count). The molecule has 0 radical (unpaired) electrons. The molecule has 74 valence electrons. The van der Waals surface area contributed by atoms with Crippen LogP contribution in [0.25, 0.3) is 0 Å². The van der Waals surface area contributed by atoms with Crippen LogP contribution in [0, 0.1) is 6.92 Å². The standard InChI is InChI=1S/C10H18N2O/c1-6-12-9(7(2)3)8(4)10(11-12)13-5/h7H,6H2,1-5H3. The summed E-state index contributed by atoms with van der Waals surface area (Å²) >= 11 is 0. The van der Waals surface area contributed by atoms with Crippen LogP contribution in [-0.2, 0) is 6.54 Å². The van der Waals surface area contributed by atoms with E-state index in [4.69, 9.17) is 4.74 Å². The first-order chi connectivity index (χ1) is 6.11. The van der Waals surface area contributed by atoms with Crippen LogP contribution in [0.15, 0.2) is 0 Å².